The van der Waals surface area contributed by atoms with Crippen LogP contribution in [-0.2, 0) is 0 Å². The molecule has 8 heteroatoms. The van der Waals surface area contributed by atoms with Crippen LogP contribution < -0.4 is 0 Å². The fourth-order valence-electron chi connectivity index (χ4n) is 12.7. The fraction of sp³-hybridized carbons (Fsp3) is 0. The number of hydrogen-bond acceptors (Lipinski definition) is 6. The first-order valence-corrected chi connectivity index (χ1v) is 29.8. The highest BCUT2D eigenvalue weighted by Crippen LogP contribution is 2.45. The molecule has 0 spiro atoms. The van der Waals surface area contributed by atoms with Gasteiger partial charge in [0.2, 0.25) is 0 Å². The Morgan fingerprint density at radius 2 is 0.589 bits per heavy atom. The van der Waals surface area contributed by atoms with Gasteiger partial charge in [-0.1, -0.05) is 188 Å². The summed E-state index contributed by atoms with van der Waals surface area (Å²) in [6.45, 7) is 0. The molecular weight excluding hydrogens is 1100 g/mol. The topological polar surface area (TPSA) is 109 Å². The highest BCUT2D eigenvalue weighted by Gasteiger charge is 2.26. The maximum atomic E-state index is 12.2. The summed E-state index contributed by atoms with van der Waals surface area (Å²) in [7, 11) is 0. The maximum Gasteiger partial charge on any atom is 0.104 e. The van der Waals surface area contributed by atoms with Gasteiger partial charge in [-0.05, 0) is 119 Å². The zero-order valence-corrected chi connectivity index (χ0v) is 48.4. The molecule has 90 heavy (non-hydrogen) atoms. The lowest BCUT2D eigenvalue weighted by atomic mass is 9.96. The largest absolute Gasteiger partial charge is 0.308 e. The quantitative estimate of drug-likeness (QED) is 0.128. The summed E-state index contributed by atoms with van der Waals surface area (Å²) in [5.74, 6) is 0. The van der Waals surface area contributed by atoms with Crippen LogP contribution in [0.1, 0.15) is 11.1 Å². The average Bonchev–Trinajstić information content (AvgIpc) is 2.04. The van der Waals surface area contributed by atoms with Crippen LogP contribution in [0.5, 0.6) is 0 Å². The van der Waals surface area contributed by atoms with Crippen LogP contribution in [0.2, 0.25) is 0 Å². The minimum absolute atomic E-state index is 0.455. The minimum Gasteiger partial charge on any atom is -0.308 e. The SMILES string of the molecule is N#Cc1cccc(-c2ccc(-n3c4ccc(-c5ccc(-c6ccccc6)nc5)cc4c4cc(-c5ccc(-c6ccccc6)nc5)ccc43)c(C#N)c2-n2c3ccc(-c4ccc(-c5ccccc5)nc4)cc3c3cc(-c4ccc(-c5ccccc5)nc4)ccc32)c1. The number of pyridine rings is 4. The monoisotopic (exact) mass is 1150 g/mol. The van der Waals surface area contributed by atoms with E-state index in [1.165, 1.54) is 0 Å². The summed E-state index contributed by atoms with van der Waals surface area (Å²) in [5, 5.41) is 26.6. The zero-order chi connectivity index (χ0) is 60.1. The molecule has 0 atom stereocenters. The normalized spacial score (nSPS) is 11.3. The molecule has 0 N–H and O–H groups in total. The molecule has 0 aliphatic heterocycles. The number of nitriles is 2. The smallest absolute Gasteiger partial charge is 0.104 e. The number of rotatable bonds is 11. The Morgan fingerprint density at radius 1 is 0.256 bits per heavy atom. The van der Waals surface area contributed by atoms with E-state index < -0.39 is 0 Å². The molecule has 10 aromatic carbocycles. The molecule has 0 aliphatic carbocycles. The third kappa shape index (κ3) is 9.42. The highest BCUT2D eigenvalue weighted by atomic mass is 15.0. The first-order valence-electron chi connectivity index (χ1n) is 29.8. The van der Waals surface area contributed by atoms with Crippen molar-refractivity contribution in [1.29, 1.82) is 10.5 Å². The molecule has 0 fully saturated rings. The predicted octanol–water partition coefficient (Wildman–Crippen LogP) is 20.2. The number of aromatic nitrogens is 6. The lowest BCUT2D eigenvalue weighted by molar-refractivity contribution is 1.12. The van der Waals surface area contributed by atoms with Gasteiger partial charge in [-0.3, -0.25) is 19.9 Å². The molecule has 6 aromatic heterocycles. The second kappa shape index (κ2) is 22.3. The molecule has 0 saturated heterocycles. The van der Waals surface area contributed by atoms with Gasteiger partial charge in [0.15, 0.2) is 0 Å². The van der Waals surface area contributed by atoms with Crippen LogP contribution in [0.3, 0.4) is 0 Å². The van der Waals surface area contributed by atoms with Gasteiger partial charge in [0.1, 0.15) is 11.6 Å². The van der Waals surface area contributed by atoms with Crippen molar-refractivity contribution in [2.45, 2.75) is 0 Å². The van der Waals surface area contributed by atoms with Crippen molar-refractivity contribution in [3.8, 4) is 124 Å². The van der Waals surface area contributed by atoms with Gasteiger partial charge in [-0.25, -0.2) is 0 Å². The van der Waals surface area contributed by atoms with Crippen LogP contribution in [0.15, 0.2) is 304 Å². The standard InChI is InChI=1S/C82H50N8/c83-47-53-14-13-23-62(42-53)67-32-41-81(89-77-37-28-58(63-24-33-73(85-49-63)54-15-5-1-6-16-54)43-68(77)69-44-59(29-38-78(69)89)64-25-34-74(86-50-64)55-17-7-2-8-18-55)72(48-84)82(67)90-79-39-30-60(65-26-35-75(87-51-65)56-19-9-3-10-20-56)45-70(79)71-46-61(31-40-80(71)90)66-27-36-76(88-52-66)57-21-11-4-12-22-57/h1-46,49-52H. The van der Waals surface area contributed by atoms with E-state index in [-0.39, 0.29) is 0 Å². The molecule has 0 saturated carbocycles. The van der Waals surface area contributed by atoms with Gasteiger partial charge in [0.05, 0.1) is 67.8 Å². The predicted molar refractivity (Wildman–Crippen MR) is 365 cm³/mol. The van der Waals surface area contributed by atoms with Crippen LogP contribution in [0.25, 0.3) is 156 Å². The molecular formula is C82H50N8. The molecule has 0 bridgehead atoms. The van der Waals surface area contributed by atoms with Crippen molar-refractivity contribution in [2.75, 3.05) is 0 Å². The van der Waals surface area contributed by atoms with E-state index in [2.05, 4.69) is 203 Å². The number of fused-ring (bicyclic) bond motifs is 6. The van der Waals surface area contributed by atoms with Crippen LogP contribution >= 0.6 is 0 Å². The molecule has 0 amide bonds. The van der Waals surface area contributed by atoms with Crippen LogP contribution in [0.4, 0.5) is 0 Å². The van der Waals surface area contributed by atoms with E-state index in [4.69, 9.17) is 19.9 Å². The third-order valence-electron chi connectivity index (χ3n) is 17.2. The summed E-state index contributed by atoms with van der Waals surface area (Å²) >= 11 is 0. The summed E-state index contributed by atoms with van der Waals surface area (Å²) in [5.41, 5.74) is 23.3. The van der Waals surface area contributed by atoms with Gasteiger partial charge >= 0.3 is 0 Å². The van der Waals surface area contributed by atoms with Gasteiger partial charge < -0.3 is 9.13 Å². The Hall–Kier alpha value is -12.6. The minimum atomic E-state index is 0.455. The van der Waals surface area contributed by atoms with Gasteiger partial charge in [0, 0.05) is 96.4 Å². The fourth-order valence-corrected chi connectivity index (χ4v) is 12.7. The third-order valence-corrected chi connectivity index (χ3v) is 17.2. The Kier molecular flexibility index (Phi) is 13.1. The lowest BCUT2D eigenvalue weighted by Crippen LogP contribution is -2.06. The number of hydrogen-bond donors (Lipinski definition) is 0. The summed E-state index contributed by atoms with van der Waals surface area (Å²) in [6, 6.07) is 101. The summed E-state index contributed by atoms with van der Waals surface area (Å²) < 4.78 is 4.50. The molecule has 0 radical (unpaired) electrons. The van der Waals surface area contributed by atoms with Gasteiger partial charge in [-0.15, -0.1) is 0 Å². The Morgan fingerprint density at radius 3 is 0.911 bits per heavy atom. The maximum absolute atomic E-state index is 12.2. The molecule has 16 rings (SSSR count). The molecule has 418 valence electrons. The number of nitrogens with zero attached hydrogens (tertiary/aromatic N) is 8. The van der Waals surface area contributed by atoms with E-state index in [0.717, 1.165) is 144 Å². The Bertz CT molecular complexity index is 5210. The van der Waals surface area contributed by atoms with Crippen molar-refractivity contribution in [1.82, 2.24) is 29.1 Å². The van der Waals surface area contributed by atoms with E-state index in [1.807, 2.05) is 122 Å². The van der Waals surface area contributed by atoms with Gasteiger partial charge in [0.25, 0.3) is 0 Å². The van der Waals surface area contributed by atoms with Crippen molar-refractivity contribution < 1.29 is 0 Å². The molecule has 0 unspecified atom stereocenters. The zero-order valence-electron chi connectivity index (χ0n) is 48.4. The van der Waals surface area contributed by atoms with E-state index in [0.29, 0.717) is 22.5 Å². The van der Waals surface area contributed by atoms with Crippen molar-refractivity contribution in [3.05, 3.63) is 315 Å². The van der Waals surface area contributed by atoms with Crippen molar-refractivity contribution in [2.24, 2.45) is 0 Å². The highest BCUT2D eigenvalue weighted by molar-refractivity contribution is 6.14. The first-order chi connectivity index (χ1) is 44.5. The first kappa shape index (κ1) is 52.9. The Balaban J connectivity index is 0.922. The van der Waals surface area contributed by atoms with Crippen LogP contribution in [0, 0.1) is 22.7 Å². The second-order valence-electron chi connectivity index (χ2n) is 22.5. The molecule has 16 aromatic rings. The van der Waals surface area contributed by atoms with E-state index in [9.17, 15) is 10.5 Å². The van der Waals surface area contributed by atoms with E-state index in [1.54, 1.807) is 0 Å². The summed E-state index contributed by atoms with van der Waals surface area (Å²) in [4.78, 5) is 19.8. The molecule has 6 heterocycles. The average molecular weight is 1150 g/mol. The van der Waals surface area contributed by atoms with Gasteiger partial charge in [-0.2, -0.15) is 10.5 Å². The molecule has 0 aliphatic rings. The lowest BCUT2D eigenvalue weighted by Gasteiger charge is -2.20. The number of benzene rings is 10. The van der Waals surface area contributed by atoms with Crippen molar-refractivity contribution in [3.63, 3.8) is 0 Å². The second-order valence-corrected chi connectivity index (χ2v) is 22.5. The summed E-state index contributed by atoms with van der Waals surface area (Å²) in [6.07, 6.45) is 7.78. The molecule has 8 nitrogen and oxygen atoms in total. The van der Waals surface area contributed by atoms with Crippen molar-refractivity contribution >= 4 is 43.6 Å². The van der Waals surface area contributed by atoms with E-state index >= 15 is 0 Å². The Labute approximate surface area is 519 Å². The van der Waals surface area contributed by atoms with Crippen LogP contribution in [-0.4, -0.2) is 29.1 Å².